The van der Waals surface area contributed by atoms with E-state index in [1.807, 2.05) is 0 Å². The Morgan fingerprint density at radius 3 is 2.63 bits per heavy atom. The van der Waals surface area contributed by atoms with Crippen molar-refractivity contribution in [1.82, 2.24) is 10.2 Å². The van der Waals surface area contributed by atoms with Crippen LogP contribution in [0.1, 0.15) is 60.4 Å². The SMILES string of the molecule is COCCC(=O)N(CC1CCCCC1)[C@@H]1C=C(C(=O)NCCO)[C@@H]2c3cc(C=O)cc(OC)c3O[C@@H]2[C@H]1O. The van der Waals surface area contributed by atoms with Crippen LogP contribution in [0.15, 0.2) is 23.8 Å². The van der Waals surface area contributed by atoms with E-state index in [9.17, 15) is 24.6 Å². The summed E-state index contributed by atoms with van der Waals surface area (Å²) in [4.78, 5) is 40.1. The normalized spacial score (nSPS) is 24.5. The molecule has 0 radical (unpaired) electrons. The molecule has 1 heterocycles. The van der Waals surface area contributed by atoms with E-state index < -0.39 is 30.1 Å². The second kappa shape index (κ2) is 12.7. The van der Waals surface area contributed by atoms with E-state index in [0.29, 0.717) is 46.9 Å². The Labute approximate surface area is 222 Å². The summed E-state index contributed by atoms with van der Waals surface area (Å²) in [5.74, 6) is -0.291. The standard InChI is InChI=1S/C28H38N2O8/c1-36-11-8-23(33)30(15-17-6-4-3-5-7-17)21-14-20(28(35)29-9-10-31)24-19-12-18(16-32)13-22(37-2)26(19)38-27(24)25(21)34/h12-14,16-17,21,24-25,27,31,34H,3-11,15H2,1-2H3,(H,29,35)/t21-,24+,25+,27+/m1/s1. The molecule has 10 heteroatoms. The van der Waals surface area contributed by atoms with Gasteiger partial charge in [-0.25, -0.2) is 0 Å². The van der Waals surface area contributed by atoms with E-state index in [1.54, 1.807) is 23.1 Å². The van der Waals surface area contributed by atoms with E-state index in [4.69, 9.17) is 14.2 Å². The highest BCUT2D eigenvalue weighted by Gasteiger charge is 2.51. The molecule has 1 saturated carbocycles. The summed E-state index contributed by atoms with van der Waals surface area (Å²) in [6.45, 7) is 0.523. The second-order valence-corrected chi connectivity index (χ2v) is 10.2. The van der Waals surface area contributed by atoms with E-state index >= 15 is 0 Å². The number of ether oxygens (including phenoxy) is 3. The summed E-state index contributed by atoms with van der Waals surface area (Å²) >= 11 is 0. The lowest BCUT2D eigenvalue weighted by molar-refractivity contribution is -0.139. The summed E-state index contributed by atoms with van der Waals surface area (Å²) < 4.78 is 16.8. The molecule has 2 amide bonds. The molecule has 4 atom stereocenters. The average Bonchev–Trinajstić information content (AvgIpc) is 3.34. The summed E-state index contributed by atoms with van der Waals surface area (Å²) in [6.07, 6.45) is 5.87. The first-order valence-corrected chi connectivity index (χ1v) is 13.3. The molecule has 1 aliphatic heterocycles. The molecule has 3 aliphatic rings. The third-order valence-corrected chi connectivity index (χ3v) is 7.79. The lowest BCUT2D eigenvalue weighted by Crippen LogP contribution is -2.56. The minimum Gasteiger partial charge on any atom is -0.493 e. The number of methoxy groups -OCH3 is 2. The van der Waals surface area contributed by atoms with Gasteiger partial charge in [0, 0.05) is 36.9 Å². The maximum atomic E-state index is 13.4. The molecule has 10 nitrogen and oxygen atoms in total. The zero-order chi connectivity index (χ0) is 27.2. The quantitative estimate of drug-likeness (QED) is 0.367. The van der Waals surface area contributed by atoms with E-state index in [-0.39, 0.29) is 32.1 Å². The predicted molar refractivity (Wildman–Crippen MR) is 138 cm³/mol. The molecule has 0 unspecified atom stereocenters. The fourth-order valence-corrected chi connectivity index (χ4v) is 5.93. The topological polar surface area (TPSA) is 135 Å². The van der Waals surface area contributed by atoms with Crippen LogP contribution in [-0.4, -0.2) is 92.0 Å². The van der Waals surface area contributed by atoms with Crippen molar-refractivity contribution in [2.45, 2.75) is 62.7 Å². The van der Waals surface area contributed by atoms with Gasteiger partial charge in [0.1, 0.15) is 18.5 Å². The van der Waals surface area contributed by atoms with Crippen LogP contribution < -0.4 is 14.8 Å². The van der Waals surface area contributed by atoms with Gasteiger partial charge in [-0.15, -0.1) is 0 Å². The molecular formula is C28H38N2O8. The van der Waals surface area contributed by atoms with Crippen molar-refractivity contribution in [3.8, 4) is 11.5 Å². The third kappa shape index (κ3) is 5.72. The van der Waals surface area contributed by atoms with Crippen LogP contribution in [0.2, 0.25) is 0 Å². The highest BCUT2D eigenvalue weighted by atomic mass is 16.5. The Morgan fingerprint density at radius 1 is 1.21 bits per heavy atom. The Hall–Kier alpha value is -2.95. The van der Waals surface area contributed by atoms with E-state index in [2.05, 4.69) is 5.32 Å². The number of nitrogens with one attached hydrogen (secondary N) is 1. The molecule has 208 valence electrons. The smallest absolute Gasteiger partial charge is 0.247 e. The zero-order valence-corrected chi connectivity index (χ0v) is 22.1. The number of fused-ring (bicyclic) bond motifs is 3. The maximum Gasteiger partial charge on any atom is 0.247 e. The van der Waals surface area contributed by atoms with E-state index in [0.717, 1.165) is 25.7 Å². The Kier molecular flexibility index (Phi) is 9.40. The van der Waals surface area contributed by atoms with Crippen LogP contribution in [0.3, 0.4) is 0 Å². The highest BCUT2D eigenvalue weighted by molar-refractivity contribution is 5.96. The van der Waals surface area contributed by atoms with Gasteiger partial charge >= 0.3 is 0 Å². The molecule has 3 N–H and O–H groups in total. The first kappa shape index (κ1) is 28.1. The number of amides is 2. The van der Waals surface area contributed by atoms with Gasteiger partial charge in [-0.05, 0) is 37.0 Å². The molecule has 0 spiro atoms. The van der Waals surface area contributed by atoms with Crippen molar-refractivity contribution in [2.24, 2.45) is 5.92 Å². The van der Waals surface area contributed by atoms with Crippen molar-refractivity contribution >= 4 is 18.1 Å². The van der Waals surface area contributed by atoms with Gasteiger partial charge < -0.3 is 34.6 Å². The zero-order valence-electron chi connectivity index (χ0n) is 22.1. The number of hydrogen-bond donors (Lipinski definition) is 3. The van der Waals surface area contributed by atoms with Crippen LogP contribution in [-0.2, 0) is 14.3 Å². The molecule has 0 bridgehead atoms. The fourth-order valence-electron chi connectivity index (χ4n) is 5.93. The number of aliphatic hydroxyl groups excluding tert-OH is 2. The first-order valence-electron chi connectivity index (χ1n) is 13.3. The molecule has 0 saturated heterocycles. The van der Waals surface area contributed by atoms with Crippen LogP contribution in [0.25, 0.3) is 0 Å². The number of carbonyl (C=O) groups is 3. The molecule has 0 aromatic heterocycles. The van der Waals surface area contributed by atoms with E-state index in [1.165, 1.54) is 20.6 Å². The number of aldehydes is 1. The molecule has 1 aromatic carbocycles. The molecule has 1 aromatic rings. The van der Waals surface area contributed by atoms with Gasteiger partial charge in [-0.3, -0.25) is 14.4 Å². The highest BCUT2D eigenvalue weighted by Crippen LogP contribution is 2.51. The molecular weight excluding hydrogens is 492 g/mol. The molecule has 4 rings (SSSR count). The summed E-state index contributed by atoms with van der Waals surface area (Å²) in [6, 6.07) is 2.38. The fraction of sp³-hybridized carbons (Fsp3) is 0.607. The molecule has 1 fully saturated rings. The van der Waals surface area contributed by atoms with Gasteiger partial charge in [0.25, 0.3) is 0 Å². The van der Waals surface area contributed by atoms with Crippen molar-refractivity contribution in [3.63, 3.8) is 0 Å². The van der Waals surface area contributed by atoms with Crippen LogP contribution in [0.4, 0.5) is 0 Å². The third-order valence-electron chi connectivity index (χ3n) is 7.79. The number of aliphatic hydroxyl groups is 2. The lowest BCUT2D eigenvalue weighted by atomic mass is 9.76. The number of nitrogens with zero attached hydrogens (tertiary/aromatic N) is 1. The van der Waals surface area contributed by atoms with Gasteiger partial charge in [-0.2, -0.15) is 0 Å². The number of hydrogen-bond acceptors (Lipinski definition) is 8. The Bertz CT molecular complexity index is 1050. The van der Waals surface area contributed by atoms with Gasteiger partial charge in [0.2, 0.25) is 11.8 Å². The van der Waals surface area contributed by atoms with Crippen molar-refractivity contribution in [3.05, 3.63) is 34.9 Å². The Morgan fingerprint density at radius 2 is 1.97 bits per heavy atom. The van der Waals surface area contributed by atoms with Crippen LogP contribution in [0, 0.1) is 5.92 Å². The molecule has 38 heavy (non-hydrogen) atoms. The summed E-state index contributed by atoms with van der Waals surface area (Å²) in [5, 5.41) is 23.7. The maximum absolute atomic E-state index is 13.4. The molecule has 2 aliphatic carbocycles. The van der Waals surface area contributed by atoms with Gasteiger partial charge in [0.05, 0.1) is 38.7 Å². The lowest BCUT2D eigenvalue weighted by Gasteiger charge is -2.42. The van der Waals surface area contributed by atoms with Crippen LogP contribution >= 0.6 is 0 Å². The predicted octanol–water partition coefficient (Wildman–Crippen LogP) is 1.58. The minimum absolute atomic E-state index is 0.0464. The number of rotatable bonds is 11. The first-order chi connectivity index (χ1) is 18.4. The van der Waals surface area contributed by atoms with Crippen molar-refractivity contribution < 1.29 is 38.8 Å². The number of carbonyl (C=O) groups excluding carboxylic acids is 3. The van der Waals surface area contributed by atoms with Gasteiger partial charge in [0.15, 0.2) is 11.5 Å². The van der Waals surface area contributed by atoms with Crippen LogP contribution in [0.5, 0.6) is 11.5 Å². The Balaban J connectivity index is 1.76. The summed E-state index contributed by atoms with van der Waals surface area (Å²) in [5.41, 5.74) is 1.23. The number of benzene rings is 1. The average molecular weight is 531 g/mol. The summed E-state index contributed by atoms with van der Waals surface area (Å²) in [7, 11) is 2.99. The van der Waals surface area contributed by atoms with Crippen molar-refractivity contribution in [2.75, 3.05) is 40.5 Å². The minimum atomic E-state index is -1.14. The van der Waals surface area contributed by atoms with Gasteiger partial charge in [-0.1, -0.05) is 19.3 Å². The monoisotopic (exact) mass is 530 g/mol. The van der Waals surface area contributed by atoms with Crippen molar-refractivity contribution in [1.29, 1.82) is 0 Å². The second-order valence-electron chi connectivity index (χ2n) is 10.2. The largest absolute Gasteiger partial charge is 0.493 e.